The van der Waals surface area contributed by atoms with Gasteiger partial charge >= 0.3 is 12.1 Å². The number of pyridine rings is 1. The van der Waals surface area contributed by atoms with Crippen LogP contribution in [0.15, 0.2) is 54.0 Å². The maximum Gasteiger partial charge on any atom is 0.416 e. The fraction of sp³-hybridized carbons (Fsp3) is 0.333. The van der Waals surface area contributed by atoms with Crippen LogP contribution in [-0.2, 0) is 28.7 Å². The van der Waals surface area contributed by atoms with Crippen molar-refractivity contribution in [3.05, 3.63) is 110 Å². The number of rotatable bonds is 12. The lowest BCUT2D eigenvalue weighted by atomic mass is 9.88. The van der Waals surface area contributed by atoms with Gasteiger partial charge in [-0.25, -0.2) is 18.2 Å². The van der Waals surface area contributed by atoms with Crippen LogP contribution in [0.5, 0.6) is 0 Å². The van der Waals surface area contributed by atoms with Crippen molar-refractivity contribution in [3.8, 4) is 23.5 Å². The van der Waals surface area contributed by atoms with E-state index in [1.54, 1.807) is 20.0 Å². The van der Waals surface area contributed by atoms with E-state index in [0.717, 1.165) is 29.0 Å². The molecule has 264 valence electrons. The molecule has 0 bridgehead atoms. The highest BCUT2D eigenvalue weighted by molar-refractivity contribution is 5.82. The number of hydrogen-bond donors (Lipinski definition) is 2. The molecule has 2 aromatic carbocycles. The summed E-state index contributed by atoms with van der Waals surface area (Å²) in [6.07, 6.45) is 4.66. The summed E-state index contributed by atoms with van der Waals surface area (Å²) >= 11 is 0. The number of carbonyl (C=O) groups excluding carboxylic acids is 1. The molecule has 4 rings (SSSR count). The number of aromatic nitrogens is 3. The molecule has 2 aromatic heterocycles. The number of carboxylic acids is 1. The van der Waals surface area contributed by atoms with Crippen LogP contribution in [0.1, 0.15) is 72.2 Å². The number of carboxylic acid groups (broad SMARTS) is 1. The van der Waals surface area contributed by atoms with Crippen molar-refractivity contribution in [1.82, 2.24) is 19.4 Å². The summed E-state index contributed by atoms with van der Waals surface area (Å²) in [5, 5.41) is 12.1. The number of aryl methyl sites for hydroxylation is 4. The summed E-state index contributed by atoms with van der Waals surface area (Å²) in [5.41, 5.74) is -3.46. The summed E-state index contributed by atoms with van der Waals surface area (Å²) in [6.45, 7) is 6.38. The Morgan fingerprint density at radius 2 is 1.72 bits per heavy atom. The summed E-state index contributed by atoms with van der Waals surface area (Å²) in [6, 6.07) is 0.0381. The van der Waals surface area contributed by atoms with Gasteiger partial charge in [-0.3, -0.25) is 14.4 Å². The third-order valence-corrected chi connectivity index (χ3v) is 8.20. The number of carbonyl (C=O) groups is 2. The predicted molar refractivity (Wildman–Crippen MR) is 172 cm³/mol. The highest BCUT2D eigenvalue weighted by atomic mass is 19.4. The van der Waals surface area contributed by atoms with Gasteiger partial charge in [0.2, 0.25) is 5.91 Å². The number of hydrogen-bond acceptors (Lipinski definition) is 4. The van der Waals surface area contributed by atoms with Gasteiger partial charge in [-0.2, -0.15) is 13.2 Å². The number of alkyl halides is 3. The zero-order chi connectivity index (χ0) is 37.1. The number of amides is 1. The van der Waals surface area contributed by atoms with E-state index in [0.29, 0.717) is 6.07 Å². The van der Waals surface area contributed by atoms with Crippen LogP contribution in [-0.4, -0.2) is 31.1 Å². The first-order valence-corrected chi connectivity index (χ1v) is 15.5. The minimum atomic E-state index is -4.90. The number of halogens is 6. The van der Waals surface area contributed by atoms with E-state index < -0.39 is 70.7 Å². The monoisotopic (exact) mass is 700 g/mol. The van der Waals surface area contributed by atoms with Gasteiger partial charge < -0.3 is 19.6 Å². The average Bonchev–Trinajstić information content (AvgIpc) is 3.52. The van der Waals surface area contributed by atoms with Crippen molar-refractivity contribution in [3.63, 3.8) is 0 Å². The second-order valence-electron chi connectivity index (χ2n) is 12.4. The van der Waals surface area contributed by atoms with Crippen LogP contribution >= 0.6 is 0 Å². The molecule has 2 N–H and O–H groups in total. The van der Waals surface area contributed by atoms with Gasteiger partial charge in [0.1, 0.15) is 23.5 Å². The molecular weight excluding hydrogens is 666 g/mol. The van der Waals surface area contributed by atoms with Crippen molar-refractivity contribution in [1.29, 1.82) is 0 Å². The fourth-order valence-electron chi connectivity index (χ4n) is 6.05. The lowest BCUT2D eigenvalue weighted by Gasteiger charge is -2.27. The Kier molecular flexibility index (Phi) is 11.3. The Hall–Kier alpha value is -5.32. The van der Waals surface area contributed by atoms with Crippen molar-refractivity contribution >= 4 is 11.9 Å². The zero-order valence-electron chi connectivity index (χ0n) is 27.5. The van der Waals surface area contributed by atoms with Crippen molar-refractivity contribution in [2.24, 2.45) is 5.92 Å². The van der Waals surface area contributed by atoms with Gasteiger partial charge in [0.15, 0.2) is 0 Å². The Bertz CT molecular complexity index is 1990. The topological polar surface area (TPSA) is 106 Å². The van der Waals surface area contributed by atoms with Crippen LogP contribution in [0, 0.1) is 49.6 Å². The number of nitrogens with one attached hydrogen (secondary N) is 1. The molecule has 0 spiro atoms. The molecule has 0 saturated carbocycles. The molecule has 0 aliphatic carbocycles. The molecular formula is C36H34F6N4O4. The summed E-state index contributed by atoms with van der Waals surface area (Å²) in [5.74, 6) is -3.95. The molecule has 0 aliphatic heterocycles. The molecule has 0 fully saturated rings. The fourth-order valence-corrected chi connectivity index (χ4v) is 6.05. The number of aliphatic carboxylic acids is 1. The lowest BCUT2D eigenvalue weighted by Crippen LogP contribution is -2.41. The minimum Gasteiger partial charge on any atom is -0.481 e. The molecule has 8 nitrogen and oxygen atoms in total. The minimum absolute atomic E-state index is 0.0601. The van der Waals surface area contributed by atoms with Gasteiger partial charge in [-0.1, -0.05) is 19.8 Å². The van der Waals surface area contributed by atoms with Crippen LogP contribution in [0.3, 0.4) is 0 Å². The maximum absolute atomic E-state index is 16.5. The van der Waals surface area contributed by atoms with Gasteiger partial charge in [-0.15, -0.1) is 6.42 Å². The molecule has 0 unspecified atom stereocenters. The number of terminal acetylenes is 1. The van der Waals surface area contributed by atoms with Crippen LogP contribution in [0.4, 0.5) is 26.3 Å². The SMILES string of the molecule is C#Cc1cc(F)c([C@@H](CC(=O)O)NC(=O)[C@H](CC(C)C)n2cc(CCn3ccnc3)c(C(F)(F)F)cc2=O)c(F)c1-c1c(C)cc(F)cc1C. The lowest BCUT2D eigenvalue weighted by molar-refractivity contribution is -0.139. The number of nitrogens with zero attached hydrogens (tertiary/aromatic N) is 3. The van der Waals surface area contributed by atoms with E-state index in [9.17, 15) is 37.1 Å². The third-order valence-electron chi connectivity index (χ3n) is 8.20. The second kappa shape index (κ2) is 15.1. The van der Waals surface area contributed by atoms with Gasteiger partial charge in [0, 0.05) is 47.9 Å². The van der Waals surface area contributed by atoms with E-state index >= 15 is 8.78 Å². The van der Waals surface area contributed by atoms with Crippen molar-refractivity contribution in [2.75, 3.05) is 0 Å². The summed E-state index contributed by atoms with van der Waals surface area (Å²) < 4.78 is 90.8. The quantitative estimate of drug-likeness (QED) is 0.124. The summed E-state index contributed by atoms with van der Waals surface area (Å²) in [4.78, 5) is 43.0. The van der Waals surface area contributed by atoms with Gasteiger partial charge in [0.25, 0.3) is 5.56 Å². The Labute approximate surface area is 283 Å². The van der Waals surface area contributed by atoms with Crippen LogP contribution in [0.2, 0.25) is 0 Å². The average molecular weight is 701 g/mol. The number of imidazole rings is 1. The zero-order valence-corrected chi connectivity index (χ0v) is 27.5. The smallest absolute Gasteiger partial charge is 0.416 e. The normalized spacial score (nSPS) is 12.8. The van der Waals surface area contributed by atoms with Gasteiger partial charge in [0.05, 0.1) is 24.4 Å². The van der Waals surface area contributed by atoms with Crippen LogP contribution < -0.4 is 10.9 Å². The highest BCUT2D eigenvalue weighted by Gasteiger charge is 2.36. The van der Waals surface area contributed by atoms with E-state index in [2.05, 4.69) is 16.2 Å². The molecule has 0 saturated heterocycles. The van der Waals surface area contributed by atoms with E-state index in [-0.39, 0.29) is 58.7 Å². The molecule has 2 atom stereocenters. The first kappa shape index (κ1) is 37.5. The predicted octanol–water partition coefficient (Wildman–Crippen LogP) is 6.91. The first-order chi connectivity index (χ1) is 23.4. The number of benzene rings is 2. The van der Waals surface area contributed by atoms with E-state index in [4.69, 9.17) is 6.42 Å². The van der Waals surface area contributed by atoms with Crippen molar-refractivity contribution < 1.29 is 41.0 Å². The summed E-state index contributed by atoms with van der Waals surface area (Å²) in [7, 11) is 0. The van der Waals surface area contributed by atoms with Crippen molar-refractivity contribution in [2.45, 2.75) is 71.8 Å². The largest absolute Gasteiger partial charge is 0.481 e. The molecule has 14 heteroatoms. The third kappa shape index (κ3) is 8.27. The Morgan fingerprint density at radius 3 is 2.26 bits per heavy atom. The molecule has 0 aliphatic rings. The molecule has 1 amide bonds. The molecule has 0 radical (unpaired) electrons. The van der Waals surface area contributed by atoms with E-state index in [1.165, 1.54) is 30.9 Å². The second-order valence-corrected chi connectivity index (χ2v) is 12.4. The molecule has 4 aromatic rings. The van der Waals surface area contributed by atoms with E-state index in [1.807, 2.05) is 0 Å². The molecule has 2 heterocycles. The molecule has 50 heavy (non-hydrogen) atoms. The Balaban J connectivity index is 1.85. The maximum atomic E-state index is 16.5. The van der Waals surface area contributed by atoms with Gasteiger partial charge in [-0.05, 0) is 73.1 Å². The standard InChI is InChI=1S/C36H34F6N4O4/c1-6-22-14-26(38)33(34(39)32(22)31-20(4)12-24(37)13-21(31)5)27(16-30(48)49)44-35(50)28(11-19(2)3)46-17-23(7-9-45-10-8-43-18-45)25(15-29(46)47)36(40,41)42/h1,8,10,12-15,17-19,27-28H,7,9,11,16H2,2-5H3,(H,44,50)(H,48,49)/t27-,28+/m1/s1. The highest BCUT2D eigenvalue weighted by Crippen LogP contribution is 2.38. The van der Waals surface area contributed by atoms with Crippen LogP contribution in [0.25, 0.3) is 11.1 Å². The Morgan fingerprint density at radius 1 is 1.06 bits per heavy atom. The first-order valence-electron chi connectivity index (χ1n) is 15.5.